The van der Waals surface area contributed by atoms with Crippen LogP contribution >= 0.6 is 0 Å². The molecule has 0 unspecified atom stereocenters. The van der Waals surface area contributed by atoms with Gasteiger partial charge in [0.2, 0.25) is 0 Å². The maximum Gasteiger partial charge on any atom is 0.335 e. The molecule has 1 rings (SSSR count). The minimum atomic E-state index is -1.05. The standard InChI is InChI=1S/C13H20O3/c1-8(2)10-6-5-9(3)11(7-10)12(14)13(15)16-4/h5,10-12,14H,1,6-7H2,2-4H3/t10-,11+,12+/m0/s1. The lowest BCUT2D eigenvalue weighted by Crippen LogP contribution is -2.34. The van der Waals surface area contributed by atoms with Crippen molar-refractivity contribution in [2.24, 2.45) is 11.8 Å². The Morgan fingerprint density at radius 1 is 1.69 bits per heavy atom. The molecule has 16 heavy (non-hydrogen) atoms. The third kappa shape index (κ3) is 2.73. The molecule has 0 spiro atoms. The summed E-state index contributed by atoms with van der Waals surface area (Å²) in [6.07, 6.45) is 2.75. The van der Waals surface area contributed by atoms with Crippen LogP contribution in [0.25, 0.3) is 0 Å². The summed E-state index contributed by atoms with van der Waals surface area (Å²) in [5.41, 5.74) is 2.17. The molecule has 0 heterocycles. The first kappa shape index (κ1) is 13.0. The first-order chi connectivity index (χ1) is 7.47. The molecule has 0 radical (unpaired) electrons. The van der Waals surface area contributed by atoms with Gasteiger partial charge in [-0.2, -0.15) is 0 Å². The summed E-state index contributed by atoms with van der Waals surface area (Å²) in [5, 5.41) is 9.87. The predicted molar refractivity (Wildman–Crippen MR) is 62.8 cm³/mol. The molecule has 0 amide bonds. The Hall–Kier alpha value is -1.09. The summed E-state index contributed by atoms with van der Waals surface area (Å²) in [7, 11) is 1.30. The lowest BCUT2D eigenvalue weighted by molar-refractivity contribution is -0.153. The van der Waals surface area contributed by atoms with Crippen LogP contribution in [0.1, 0.15) is 26.7 Å². The average molecular weight is 224 g/mol. The average Bonchev–Trinajstić information content (AvgIpc) is 2.27. The number of allylic oxidation sites excluding steroid dienone is 2. The van der Waals surface area contributed by atoms with Crippen LogP contribution in [0.5, 0.6) is 0 Å². The van der Waals surface area contributed by atoms with Crippen LogP contribution < -0.4 is 0 Å². The Bertz CT molecular complexity index is 317. The van der Waals surface area contributed by atoms with Crippen LogP contribution in [0.2, 0.25) is 0 Å². The molecule has 3 atom stereocenters. The second-order valence-corrected chi connectivity index (χ2v) is 4.54. The smallest absolute Gasteiger partial charge is 0.335 e. The van der Waals surface area contributed by atoms with Crippen molar-refractivity contribution >= 4 is 5.97 Å². The lowest BCUT2D eigenvalue weighted by atomic mass is 9.76. The van der Waals surface area contributed by atoms with Crippen LogP contribution in [0, 0.1) is 11.8 Å². The summed E-state index contributed by atoms with van der Waals surface area (Å²) in [4.78, 5) is 11.3. The van der Waals surface area contributed by atoms with Crippen molar-refractivity contribution in [3.63, 3.8) is 0 Å². The van der Waals surface area contributed by atoms with E-state index in [1.807, 2.05) is 13.8 Å². The molecule has 0 aromatic rings. The van der Waals surface area contributed by atoms with Gasteiger partial charge in [-0.25, -0.2) is 4.79 Å². The quantitative estimate of drug-likeness (QED) is 0.589. The number of ether oxygens (including phenoxy) is 1. The normalized spacial score (nSPS) is 26.9. The van der Waals surface area contributed by atoms with Crippen LogP contribution in [-0.4, -0.2) is 24.3 Å². The summed E-state index contributed by atoms with van der Waals surface area (Å²) in [5.74, 6) is -0.337. The summed E-state index contributed by atoms with van der Waals surface area (Å²) in [6, 6.07) is 0. The van der Waals surface area contributed by atoms with E-state index in [1.165, 1.54) is 7.11 Å². The number of hydrogen-bond donors (Lipinski definition) is 1. The molecule has 0 bridgehead atoms. The van der Waals surface area contributed by atoms with Crippen molar-refractivity contribution in [3.05, 3.63) is 23.8 Å². The van der Waals surface area contributed by atoms with Gasteiger partial charge in [0.15, 0.2) is 6.10 Å². The number of carbonyl (C=O) groups excluding carboxylic acids is 1. The molecule has 0 saturated carbocycles. The second kappa shape index (κ2) is 5.30. The van der Waals surface area contributed by atoms with E-state index < -0.39 is 12.1 Å². The molecule has 1 aliphatic rings. The first-order valence-corrected chi connectivity index (χ1v) is 5.55. The number of carbonyl (C=O) groups is 1. The Morgan fingerprint density at radius 3 is 2.81 bits per heavy atom. The summed E-state index contributed by atoms with van der Waals surface area (Å²) < 4.78 is 4.57. The maximum absolute atomic E-state index is 11.3. The molecule has 1 aliphatic carbocycles. The van der Waals surface area contributed by atoms with E-state index in [9.17, 15) is 9.90 Å². The van der Waals surface area contributed by atoms with Crippen LogP contribution in [0.3, 0.4) is 0 Å². The van der Waals surface area contributed by atoms with Gasteiger partial charge in [0.05, 0.1) is 7.11 Å². The van der Waals surface area contributed by atoms with Gasteiger partial charge in [-0.15, -0.1) is 0 Å². The van der Waals surface area contributed by atoms with E-state index in [-0.39, 0.29) is 5.92 Å². The highest BCUT2D eigenvalue weighted by Gasteiger charge is 2.32. The van der Waals surface area contributed by atoms with E-state index >= 15 is 0 Å². The van der Waals surface area contributed by atoms with E-state index in [2.05, 4.69) is 17.4 Å². The van der Waals surface area contributed by atoms with Gasteiger partial charge in [0, 0.05) is 5.92 Å². The van der Waals surface area contributed by atoms with Crippen molar-refractivity contribution in [1.29, 1.82) is 0 Å². The number of esters is 1. The minimum absolute atomic E-state index is 0.136. The van der Waals surface area contributed by atoms with Crippen LogP contribution in [0.15, 0.2) is 23.8 Å². The third-order valence-electron chi connectivity index (χ3n) is 3.37. The number of methoxy groups -OCH3 is 1. The van der Waals surface area contributed by atoms with Crippen molar-refractivity contribution < 1.29 is 14.6 Å². The number of aliphatic hydroxyl groups is 1. The van der Waals surface area contributed by atoms with Gasteiger partial charge in [0.1, 0.15) is 0 Å². The van der Waals surface area contributed by atoms with Crippen LogP contribution in [0.4, 0.5) is 0 Å². The molecule has 0 aliphatic heterocycles. The Labute approximate surface area is 96.8 Å². The van der Waals surface area contributed by atoms with Gasteiger partial charge < -0.3 is 9.84 Å². The van der Waals surface area contributed by atoms with Gasteiger partial charge in [-0.1, -0.05) is 23.8 Å². The number of aliphatic hydroxyl groups excluding tert-OH is 1. The SMILES string of the molecule is C=C(C)[C@H]1CC=C(C)[C@H]([C@@H](O)C(=O)OC)C1. The van der Waals surface area contributed by atoms with E-state index in [0.29, 0.717) is 5.92 Å². The van der Waals surface area contributed by atoms with Gasteiger partial charge in [-0.3, -0.25) is 0 Å². The van der Waals surface area contributed by atoms with Crippen molar-refractivity contribution in [3.8, 4) is 0 Å². The minimum Gasteiger partial charge on any atom is -0.467 e. The molecule has 0 fully saturated rings. The lowest BCUT2D eigenvalue weighted by Gasteiger charge is -2.30. The summed E-state index contributed by atoms with van der Waals surface area (Å²) in [6.45, 7) is 7.87. The fraction of sp³-hybridized carbons (Fsp3) is 0.615. The number of hydrogen-bond acceptors (Lipinski definition) is 3. The zero-order valence-corrected chi connectivity index (χ0v) is 10.2. The Balaban J connectivity index is 2.79. The molecule has 3 heteroatoms. The van der Waals surface area contributed by atoms with Crippen molar-refractivity contribution in [2.45, 2.75) is 32.8 Å². The van der Waals surface area contributed by atoms with Crippen molar-refractivity contribution in [1.82, 2.24) is 0 Å². The Morgan fingerprint density at radius 2 is 2.31 bits per heavy atom. The van der Waals surface area contributed by atoms with E-state index in [0.717, 1.165) is 24.0 Å². The monoisotopic (exact) mass is 224 g/mol. The molecule has 0 aromatic carbocycles. The largest absolute Gasteiger partial charge is 0.467 e. The predicted octanol–water partition coefficient (Wildman–Crippen LogP) is 2.07. The van der Waals surface area contributed by atoms with E-state index in [4.69, 9.17) is 0 Å². The molecule has 0 saturated heterocycles. The van der Waals surface area contributed by atoms with E-state index in [1.54, 1.807) is 0 Å². The molecular formula is C13H20O3. The highest BCUT2D eigenvalue weighted by molar-refractivity contribution is 5.75. The molecule has 3 nitrogen and oxygen atoms in total. The zero-order chi connectivity index (χ0) is 12.3. The summed E-state index contributed by atoms with van der Waals surface area (Å²) >= 11 is 0. The maximum atomic E-state index is 11.3. The number of rotatable bonds is 3. The fourth-order valence-corrected chi connectivity index (χ4v) is 2.13. The van der Waals surface area contributed by atoms with Gasteiger partial charge in [0.25, 0.3) is 0 Å². The highest BCUT2D eigenvalue weighted by Crippen LogP contribution is 2.34. The highest BCUT2D eigenvalue weighted by atomic mass is 16.5. The Kier molecular flexibility index (Phi) is 4.30. The molecule has 1 N–H and O–H groups in total. The first-order valence-electron chi connectivity index (χ1n) is 5.55. The topological polar surface area (TPSA) is 46.5 Å². The van der Waals surface area contributed by atoms with Gasteiger partial charge in [-0.05, 0) is 32.6 Å². The zero-order valence-electron chi connectivity index (χ0n) is 10.2. The molecule has 0 aromatic heterocycles. The van der Waals surface area contributed by atoms with Crippen molar-refractivity contribution in [2.75, 3.05) is 7.11 Å². The molecule has 90 valence electrons. The second-order valence-electron chi connectivity index (χ2n) is 4.54. The fourth-order valence-electron chi connectivity index (χ4n) is 2.13. The van der Waals surface area contributed by atoms with Crippen LogP contribution in [-0.2, 0) is 9.53 Å². The van der Waals surface area contributed by atoms with Gasteiger partial charge >= 0.3 is 5.97 Å². The third-order valence-corrected chi connectivity index (χ3v) is 3.37. The molecular weight excluding hydrogens is 204 g/mol.